The summed E-state index contributed by atoms with van der Waals surface area (Å²) >= 11 is 1.73. The molecule has 3 rings (SSSR count). The van der Waals surface area contributed by atoms with E-state index in [1.807, 2.05) is 0 Å². The zero-order valence-corrected chi connectivity index (χ0v) is 9.09. The van der Waals surface area contributed by atoms with Gasteiger partial charge in [-0.3, -0.25) is 0 Å². The third-order valence-corrected chi connectivity index (χ3v) is 4.74. The van der Waals surface area contributed by atoms with Crippen LogP contribution in [0.15, 0.2) is 16.8 Å². The van der Waals surface area contributed by atoms with Crippen molar-refractivity contribution in [2.45, 2.75) is 37.7 Å². The molecule has 2 unspecified atom stereocenters. The SMILES string of the molecule is OC1(Cc2ccsc2)C2CCCCC21. The molecule has 1 aromatic rings. The van der Waals surface area contributed by atoms with Crippen LogP contribution in [0.1, 0.15) is 31.2 Å². The monoisotopic (exact) mass is 208 g/mol. The van der Waals surface area contributed by atoms with Crippen molar-refractivity contribution in [2.24, 2.45) is 11.8 Å². The lowest BCUT2D eigenvalue weighted by Gasteiger charge is -2.08. The molecule has 1 heterocycles. The van der Waals surface area contributed by atoms with Crippen LogP contribution in [-0.4, -0.2) is 10.7 Å². The minimum Gasteiger partial charge on any atom is -0.389 e. The molecular weight excluding hydrogens is 192 g/mol. The summed E-state index contributed by atoms with van der Waals surface area (Å²) in [5.74, 6) is 1.24. The Morgan fingerprint density at radius 2 is 2.07 bits per heavy atom. The van der Waals surface area contributed by atoms with Crippen molar-refractivity contribution >= 4 is 11.3 Å². The van der Waals surface area contributed by atoms with Gasteiger partial charge in [0.05, 0.1) is 5.60 Å². The molecule has 2 heteroatoms. The van der Waals surface area contributed by atoms with Gasteiger partial charge in [0.1, 0.15) is 0 Å². The maximum Gasteiger partial charge on any atom is 0.0751 e. The molecule has 14 heavy (non-hydrogen) atoms. The lowest BCUT2D eigenvalue weighted by Crippen LogP contribution is -2.16. The fourth-order valence-electron chi connectivity index (χ4n) is 3.20. The Hall–Kier alpha value is -0.340. The van der Waals surface area contributed by atoms with Gasteiger partial charge >= 0.3 is 0 Å². The Kier molecular flexibility index (Phi) is 1.96. The molecular formula is C12H16OS. The smallest absolute Gasteiger partial charge is 0.0751 e. The third-order valence-electron chi connectivity index (χ3n) is 4.01. The van der Waals surface area contributed by atoms with E-state index in [0.717, 1.165) is 6.42 Å². The molecule has 0 aliphatic heterocycles. The maximum atomic E-state index is 10.5. The predicted molar refractivity (Wildman–Crippen MR) is 58.4 cm³/mol. The van der Waals surface area contributed by atoms with Gasteiger partial charge in [-0.1, -0.05) is 12.8 Å². The molecule has 0 bridgehead atoms. The Bertz CT molecular complexity index is 305. The van der Waals surface area contributed by atoms with Crippen molar-refractivity contribution in [1.29, 1.82) is 0 Å². The van der Waals surface area contributed by atoms with Gasteiger partial charge in [0.2, 0.25) is 0 Å². The van der Waals surface area contributed by atoms with Crippen LogP contribution < -0.4 is 0 Å². The second kappa shape index (κ2) is 3.07. The summed E-state index contributed by atoms with van der Waals surface area (Å²) in [5, 5.41) is 14.7. The zero-order valence-electron chi connectivity index (χ0n) is 8.28. The number of hydrogen-bond acceptors (Lipinski definition) is 2. The van der Waals surface area contributed by atoms with Crippen LogP contribution in [-0.2, 0) is 6.42 Å². The van der Waals surface area contributed by atoms with Crippen LogP contribution in [0.4, 0.5) is 0 Å². The first-order chi connectivity index (χ1) is 6.81. The van der Waals surface area contributed by atoms with Gasteiger partial charge in [-0.25, -0.2) is 0 Å². The highest BCUT2D eigenvalue weighted by atomic mass is 32.1. The van der Waals surface area contributed by atoms with Gasteiger partial charge in [0.25, 0.3) is 0 Å². The van der Waals surface area contributed by atoms with E-state index in [2.05, 4.69) is 16.8 Å². The molecule has 0 saturated heterocycles. The Labute approximate surface area is 88.8 Å². The standard InChI is InChI=1S/C12H16OS/c13-12(7-9-5-6-14-8-9)10-3-1-2-4-11(10)12/h5-6,8,10-11,13H,1-4,7H2. The Morgan fingerprint density at radius 3 is 2.64 bits per heavy atom. The molecule has 0 radical (unpaired) electrons. The molecule has 2 saturated carbocycles. The molecule has 1 nitrogen and oxygen atoms in total. The van der Waals surface area contributed by atoms with Crippen LogP contribution in [0.25, 0.3) is 0 Å². The average molecular weight is 208 g/mol. The van der Waals surface area contributed by atoms with Crippen LogP contribution in [0.2, 0.25) is 0 Å². The van der Waals surface area contributed by atoms with E-state index >= 15 is 0 Å². The highest BCUT2D eigenvalue weighted by Crippen LogP contribution is 2.59. The normalized spacial score (nSPS) is 40.6. The molecule has 1 aromatic heterocycles. The Morgan fingerprint density at radius 1 is 1.36 bits per heavy atom. The summed E-state index contributed by atoms with van der Waals surface area (Å²) < 4.78 is 0. The molecule has 0 aromatic carbocycles. The molecule has 76 valence electrons. The lowest BCUT2D eigenvalue weighted by atomic mass is 10.0. The van der Waals surface area contributed by atoms with E-state index in [4.69, 9.17) is 0 Å². The minimum atomic E-state index is -0.322. The molecule has 0 spiro atoms. The van der Waals surface area contributed by atoms with Crippen molar-refractivity contribution in [3.63, 3.8) is 0 Å². The summed E-state index contributed by atoms with van der Waals surface area (Å²) in [7, 11) is 0. The first kappa shape index (κ1) is 8.93. The van der Waals surface area contributed by atoms with Gasteiger partial charge in [0.15, 0.2) is 0 Å². The van der Waals surface area contributed by atoms with E-state index in [0.29, 0.717) is 11.8 Å². The number of fused-ring (bicyclic) bond motifs is 1. The van der Waals surface area contributed by atoms with Crippen molar-refractivity contribution in [3.05, 3.63) is 22.4 Å². The summed E-state index contributed by atoms with van der Waals surface area (Å²) in [5.41, 5.74) is 1.00. The van der Waals surface area contributed by atoms with Crippen LogP contribution >= 0.6 is 11.3 Å². The van der Waals surface area contributed by atoms with Gasteiger partial charge in [-0.15, -0.1) is 0 Å². The van der Waals surface area contributed by atoms with Crippen molar-refractivity contribution in [2.75, 3.05) is 0 Å². The maximum absolute atomic E-state index is 10.5. The molecule has 2 aliphatic carbocycles. The highest BCUT2D eigenvalue weighted by Gasteiger charge is 2.63. The molecule has 2 aliphatic rings. The number of thiophene rings is 1. The van der Waals surface area contributed by atoms with Crippen molar-refractivity contribution in [1.82, 2.24) is 0 Å². The lowest BCUT2D eigenvalue weighted by molar-refractivity contribution is 0.119. The molecule has 1 N–H and O–H groups in total. The van der Waals surface area contributed by atoms with Gasteiger partial charge < -0.3 is 5.11 Å². The van der Waals surface area contributed by atoms with Crippen LogP contribution in [0.5, 0.6) is 0 Å². The zero-order chi connectivity index (χ0) is 9.60. The van der Waals surface area contributed by atoms with E-state index in [9.17, 15) is 5.11 Å². The second-order valence-corrected chi connectivity index (χ2v) is 5.58. The van der Waals surface area contributed by atoms with Crippen LogP contribution in [0, 0.1) is 11.8 Å². The number of hydrogen-bond donors (Lipinski definition) is 1. The quantitative estimate of drug-likeness (QED) is 0.792. The van der Waals surface area contributed by atoms with Gasteiger partial charge in [-0.2, -0.15) is 11.3 Å². The molecule has 2 fully saturated rings. The first-order valence-electron chi connectivity index (χ1n) is 5.54. The van der Waals surface area contributed by atoms with Crippen LogP contribution in [0.3, 0.4) is 0 Å². The van der Waals surface area contributed by atoms with E-state index in [1.54, 1.807) is 11.3 Å². The summed E-state index contributed by atoms with van der Waals surface area (Å²) in [6.45, 7) is 0. The van der Waals surface area contributed by atoms with E-state index in [-0.39, 0.29) is 5.60 Å². The predicted octanol–water partition coefficient (Wildman–Crippen LogP) is 2.84. The summed E-state index contributed by atoms with van der Waals surface area (Å²) in [6.07, 6.45) is 6.06. The fraction of sp³-hybridized carbons (Fsp3) is 0.667. The minimum absolute atomic E-state index is 0.322. The van der Waals surface area contributed by atoms with Crippen molar-refractivity contribution < 1.29 is 5.11 Å². The summed E-state index contributed by atoms with van der Waals surface area (Å²) in [6, 6.07) is 2.15. The largest absolute Gasteiger partial charge is 0.389 e. The van der Waals surface area contributed by atoms with E-state index in [1.165, 1.54) is 31.2 Å². The van der Waals surface area contributed by atoms with Gasteiger partial charge in [0, 0.05) is 6.42 Å². The number of rotatable bonds is 2. The fourth-order valence-corrected chi connectivity index (χ4v) is 3.87. The second-order valence-electron chi connectivity index (χ2n) is 4.80. The first-order valence-corrected chi connectivity index (χ1v) is 6.48. The Balaban J connectivity index is 1.74. The topological polar surface area (TPSA) is 20.2 Å². The average Bonchev–Trinajstić information content (AvgIpc) is 2.62. The summed E-state index contributed by atoms with van der Waals surface area (Å²) in [4.78, 5) is 0. The van der Waals surface area contributed by atoms with E-state index < -0.39 is 0 Å². The molecule has 2 atom stereocenters. The third kappa shape index (κ3) is 1.24. The highest BCUT2D eigenvalue weighted by molar-refractivity contribution is 7.07. The van der Waals surface area contributed by atoms with Crippen molar-refractivity contribution in [3.8, 4) is 0 Å². The molecule has 0 amide bonds. The van der Waals surface area contributed by atoms with Gasteiger partial charge in [-0.05, 0) is 47.1 Å². The number of aliphatic hydroxyl groups is 1.